The number of aromatic carboxylic acids is 1. The number of carboxylic acid groups (broad SMARTS) is 1. The Hall–Kier alpha value is -1.29. The second-order valence-corrected chi connectivity index (χ2v) is 5.26. The summed E-state index contributed by atoms with van der Waals surface area (Å²) in [7, 11) is 0. The van der Waals surface area contributed by atoms with Crippen LogP contribution in [0.15, 0.2) is 46.5 Å². The molecule has 0 bridgehead atoms. The van der Waals surface area contributed by atoms with E-state index in [1.807, 2.05) is 13.0 Å². The van der Waals surface area contributed by atoms with Crippen molar-refractivity contribution in [1.82, 2.24) is 0 Å². The molecular weight excluding hydrogens is 299 g/mol. The molecule has 1 aromatic rings. The van der Waals surface area contributed by atoms with Gasteiger partial charge in [0.05, 0.1) is 19.2 Å². The van der Waals surface area contributed by atoms with Gasteiger partial charge in [-0.25, -0.2) is 0 Å². The third kappa shape index (κ3) is 6.75. The fraction of sp³-hybridized carbons (Fsp3) is 0.267. The van der Waals surface area contributed by atoms with E-state index in [0.717, 1.165) is 11.1 Å². The van der Waals surface area contributed by atoms with Crippen LogP contribution in [0.25, 0.3) is 0 Å². The fourth-order valence-electron chi connectivity index (χ4n) is 1.44. The standard InChI is InChI=1S/C15H16Cl2O3/c1-11(2-7-14(16)17)8-9-20-10-12-3-5-13(6-4-12)15(18)19/h3-8H,2,9-10H2,1H3,(H,18,19)/p-1/b11-8+. The number of halogens is 2. The van der Waals surface area contributed by atoms with Crippen LogP contribution in [0.5, 0.6) is 0 Å². The Morgan fingerprint density at radius 2 is 1.90 bits per heavy atom. The molecular formula is C15H15Cl2O3-. The van der Waals surface area contributed by atoms with Crippen molar-refractivity contribution in [2.45, 2.75) is 20.0 Å². The number of rotatable bonds is 7. The molecule has 0 aliphatic heterocycles. The van der Waals surface area contributed by atoms with Crippen LogP contribution in [0, 0.1) is 0 Å². The maximum absolute atomic E-state index is 10.6. The molecule has 108 valence electrons. The minimum absolute atomic E-state index is 0.161. The molecule has 0 saturated heterocycles. The van der Waals surface area contributed by atoms with Crippen LogP contribution in [-0.2, 0) is 11.3 Å². The van der Waals surface area contributed by atoms with Crippen molar-refractivity contribution in [2.75, 3.05) is 6.61 Å². The molecule has 1 aromatic carbocycles. The Bertz CT molecular complexity index is 500. The monoisotopic (exact) mass is 313 g/mol. The average Bonchev–Trinajstić information content (AvgIpc) is 2.42. The summed E-state index contributed by atoms with van der Waals surface area (Å²) in [6, 6.07) is 6.42. The summed E-state index contributed by atoms with van der Waals surface area (Å²) in [5.74, 6) is -1.18. The van der Waals surface area contributed by atoms with Crippen LogP contribution in [-0.4, -0.2) is 12.6 Å². The Kier molecular flexibility index (Phi) is 7.37. The highest BCUT2D eigenvalue weighted by Crippen LogP contribution is 2.11. The van der Waals surface area contributed by atoms with Gasteiger partial charge in [0.25, 0.3) is 0 Å². The predicted molar refractivity (Wildman–Crippen MR) is 78.6 cm³/mol. The number of ether oxygens (including phenoxy) is 1. The van der Waals surface area contributed by atoms with Gasteiger partial charge in [-0.1, -0.05) is 65.2 Å². The zero-order valence-corrected chi connectivity index (χ0v) is 12.6. The first-order valence-corrected chi connectivity index (χ1v) is 6.79. The van der Waals surface area contributed by atoms with Crippen molar-refractivity contribution in [1.29, 1.82) is 0 Å². The molecule has 0 radical (unpaired) electrons. The molecule has 3 nitrogen and oxygen atoms in total. The van der Waals surface area contributed by atoms with E-state index in [4.69, 9.17) is 27.9 Å². The first kappa shape index (κ1) is 16.8. The highest BCUT2D eigenvalue weighted by Gasteiger charge is 1.96. The van der Waals surface area contributed by atoms with Crippen LogP contribution in [0.4, 0.5) is 0 Å². The predicted octanol–water partition coefficient (Wildman–Crippen LogP) is 3.22. The molecule has 0 aliphatic rings. The van der Waals surface area contributed by atoms with E-state index >= 15 is 0 Å². The van der Waals surface area contributed by atoms with Crippen molar-refractivity contribution in [3.8, 4) is 0 Å². The zero-order chi connectivity index (χ0) is 15.0. The lowest BCUT2D eigenvalue weighted by Gasteiger charge is -2.05. The normalized spacial score (nSPS) is 11.2. The fourth-order valence-corrected chi connectivity index (χ4v) is 1.59. The lowest BCUT2D eigenvalue weighted by molar-refractivity contribution is -0.255. The Labute approximate surface area is 128 Å². The van der Waals surface area contributed by atoms with Gasteiger partial charge in [0.15, 0.2) is 0 Å². The number of benzene rings is 1. The van der Waals surface area contributed by atoms with E-state index in [1.54, 1.807) is 18.2 Å². The zero-order valence-electron chi connectivity index (χ0n) is 11.1. The largest absolute Gasteiger partial charge is 0.545 e. The minimum Gasteiger partial charge on any atom is -0.545 e. The van der Waals surface area contributed by atoms with Gasteiger partial charge in [0, 0.05) is 0 Å². The molecule has 0 unspecified atom stereocenters. The van der Waals surface area contributed by atoms with Crippen molar-refractivity contribution < 1.29 is 14.6 Å². The minimum atomic E-state index is -1.18. The molecule has 5 heteroatoms. The van der Waals surface area contributed by atoms with E-state index in [2.05, 4.69) is 0 Å². The van der Waals surface area contributed by atoms with Crippen molar-refractivity contribution in [3.63, 3.8) is 0 Å². The smallest absolute Gasteiger partial charge is 0.103 e. The second kappa shape index (κ2) is 8.80. The Balaban J connectivity index is 2.35. The molecule has 0 amide bonds. The number of hydrogen-bond acceptors (Lipinski definition) is 3. The first-order valence-electron chi connectivity index (χ1n) is 6.04. The molecule has 0 aromatic heterocycles. The summed E-state index contributed by atoms with van der Waals surface area (Å²) in [5.41, 5.74) is 2.18. The molecule has 0 aliphatic carbocycles. The van der Waals surface area contributed by atoms with Crippen molar-refractivity contribution in [3.05, 3.63) is 57.6 Å². The lowest BCUT2D eigenvalue weighted by atomic mass is 10.1. The third-order valence-electron chi connectivity index (χ3n) is 2.59. The highest BCUT2D eigenvalue weighted by molar-refractivity contribution is 6.55. The molecule has 20 heavy (non-hydrogen) atoms. The number of carbonyl (C=O) groups excluding carboxylic acids is 1. The second-order valence-electron chi connectivity index (χ2n) is 4.25. The van der Waals surface area contributed by atoms with Gasteiger partial charge >= 0.3 is 0 Å². The topological polar surface area (TPSA) is 49.4 Å². The van der Waals surface area contributed by atoms with E-state index in [1.165, 1.54) is 12.1 Å². The first-order chi connectivity index (χ1) is 9.49. The van der Waals surface area contributed by atoms with Crippen LogP contribution in [0.3, 0.4) is 0 Å². The van der Waals surface area contributed by atoms with E-state index < -0.39 is 5.97 Å². The SMILES string of the molecule is C/C(=C\COCc1ccc(C(=O)[O-])cc1)CC=C(Cl)Cl. The van der Waals surface area contributed by atoms with E-state index in [9.17, 15) is 9.90 Å². The van der Waals surface area contributed by atoms with Crippen LogP contribution in [0.2, 0.25) is 0 Å². The number of hydrogen-bond donors (Lipinski definition) is 0. The van der Waals surface area contributed by atoms with Crippen molar-refractivity contribution in [2.24, 2.45) is 0 Å². The Morgan fingerprint density at radius 3 is 2.45 bits per heavy atom. The summed E-state index contributed by atoms with van der Waals surface area (Å²) in [6.07, 6.45) is 4.35. The molecule has 0 fully saturated rings. The maximum Gasteiger partial charge on any atom is 0.103 e. The summed E-state index contributed by atoms with van der Waals surface area (Å²) < 4.78 is 5.73. The van der Waals surface area contributed by atoms with Gasteiger partial charge in [-0.3, -0.25) is 0 Å². The Morgan fingerprint density at radius 1 is 1.25 bits per heavy atom. The summed E-state index contributed by atoms with van der Waals surface area (Å²) in [6.45, 7) is 2.86. The number of carboxylic acids is 1. The van der Waals surface area contributed by atoms with E-state index in [0.29, 0.717) is 19.6 Å². The molecule has 0 spiro atoms. The van der Waals surface area contributed by atoms with E-state index in [-0.39, 0.29) is 10.1 Å². The average molecular weight is 314 g/mol. The molecule has 0 N–H and O–H groups in total. The van der Waals surface area contributed by atoms with Gasteiger partial charge in [-0.2, -0.15) is 0 Å². The maximum atomic E-state index is 10.6. The quantitative estimate of drug-likeness (QED) is 0.573. The lowest BCUT2D eigenvalue weighted by Crippen LogP contribution is -2.22. The van der Waals surface area contributed by atoms with Gasteiger partial charge in [-0.05, 0) is 24.5 Å². The molecule has 1 rings (SSSR count). The number of carbonyl (C=O) groups is 1. The molecule has 0 heterocycles. The summed E-state index contributed by atoms with van der Waals surface area (Å²) >= 11 is 11.0. The van der Waals surface area contributed by atoms with Crippen LogP contribution < -0.4 is 5.11 Å². The van der Waals surface area contributed by atoms with Gasteiger partial charge in [0.2, 0.25) is 0 Å². The van der Waals surface area contributed by atoms with Crippen LogP contribution >= 0.6 is 23.2 Å². The molecule has 0 saturated carbocycles. The molecule has 0 atom stereocenters. The summed E-state index contributed by atoms with van der Waals surface area (Å²) in [5, 5.41) is 10.6. The summed E-state index contributed by atoms with van der Waals surface area (Å²) in [4.78, 5) is 10.6. The van der Waals surface area contributed by atoms with Gasteiger partial charge in [0.1, 0.15) is 4.49 Å². The number of allylic oxidation sites excluding steroid dienone is 2. The highest BCUT2D eigenvalue weighted by atomic mass is 35.5. The van der Waals surface area contributed by atoms with Gasteiger partial charge < -0.3 is 14.6 Å². The van der Waals surface area contributed by atoms with Crippen molar-refractivity contribution >= 4 is 29.2 Å². The third-order valence-corrected chi connectivity index (χ3v) is 2.89. The van der Waals surface area contributed by atoms with Crippen LogP contribution in [0.1, 0.15) is 29.3 Å². The van der Waals surface area contributed by atoms with Gasteiger partial charge in [-0.15, -0.1) is 0 Å².